The van der Waals surface area contributed by atoms with Crippen LogP contribution in [0.1, 0.15) is 74.2 Å². The van der Waals surface area contributed by atoms with E-state index in [4.69, 9.17) is 4.74 Å². The van der Waals surface area contributed by atoms with Crippen LogP contribution in [0.2, 0.25) is 0 Å². The summed E-state index contributed by atoms with van der Waals surface area (Å²) in [6.07, 6.45) is 12.2. The van der Waals surface area contributed by atoms with Crippen molar-refractivity contribution in [2.24, 2.45) is 17.8 Å². The van der Waals surface area contributed by atoms with Gasteiger partial charge in [-0.2, -0.15) is 0 Å². The zero-order chi connectivity index (χ0) is 16.7. The van der Waals surface area contributed by atoms with Crippen LogP contribution in [0.15, 0.2) is 36.4 Å². The van der Waals surface area contributed by atoms with Gasteiger partial charge in [-0.3, -0.25) is 0 Å². The minimum Gasteiger partial charge on any atom is -0.456 e. The molecule has 3 atom stereocenters. The number of hydrogen-bond donors (Lipinski definition) is 0. The zero-order valence-corrected chi connectivity index (χ0v) is 14.8. The third-order valence-electron chi connectivity index (χ3n) is 6.55. The van der Waals surface area contributed by atoms with Gasteiger partial charge < -0.3 is 4.74 Å². The van der Waals surface area contributed by atoms with Crippen LogP contribution in [-0.2, 0) is 4.74 Å². The molecule has 0 saturated heterocycles. The summed E-state index contributed by atoms with van der Waals surface area (Å²) in [5.74, 6) is 2.44. The average Bonchev–Trinajstić information content (AvgIpc) is 3.31. The molecule has 2 fully saturated rings. The first kappa shape index (κ1) is 15.9. The van der Waals surface area contributed by atoms with Crippen LogP contribution in [0, 0.1) is 17.8 Å². The Morgan fingerprint density at radius 3 is 2.33 bits per heavy atom. The Balaban J connectivity index is 1.43. The molecule has 1 aromatic carbocycles. The first-order valence-electron chi connectivity index (χ1n) is 9.54. The number of benzene rings is 1. The Kier molecular flexibility index (Phi) is 4.02. The van der Waals surface area contributed by atoms with Gasteiger partial charge in [-0.1, -0.05) is 37.1 Å². The third-order valence-corrected chi connectivity index (χ3v) is 6.55. The fourth-order valence-corrected chi connectivity index (χ4v) is 5.03. The van der Waals surface area contributed by atoms with E-state index in [0.29, 0.717) is 23.3 Å². The van der Waals surface area contributed by atoms with E-state index >= 15 is 0 Å². The summed E-state index contributed by atoms with van der Waals surface area (Å²) in [5.41, 5.74) is 1.70. The topological polar surface area (TPSA) is 26.3 Å². The summed E-state index contributed by atoms with van der Waals surface area (Å²) >= 11 is 0. The van der Waals surface area contributed by atoms with E-state index in [1.54, 1.807) is 0 Å². The Labute approximate surface area is 145 Å². The van der Waals surface area contributed by atoms with Gasteiger partial charge in [0.25, 0.3) is 0 Å². The molecule has 0 spiro atoms. The monoisotopic (exact) mass is 324 g/mol. The molecule has 2 bridgehead atoms. The third kappa shape index (κ3) is 2.92. The van der Waals surface area contributed by atoms with Crippen LogP contribution in [0.25, 0.3) is 0 Å². The molecule has 0 amide bonds. The first-order chi connectivity index (χ1) is 11.5. The predicted octanol–water partition coefficient (Wildman–Crippen LogP) is 5.49. The summed E-state index contributed by atoms with van der Waals surface area (Å²) in [6, 6.07) is 8.19. The molecule has 3 aliphatic rings. The lowest BCUT2D eigenvalue weighted by atomic mass is 9.86. The number of carbonyl (C=O) groups is 1. The van der Waals surface area contributed by atoms with Crippen LogP contribution < -0.4 is 0 Å². The number of ether oxygens (including phenoxy) is 1. The highest BCUT2D eigenvalue weighted by molar-refractivity contribution is 5.89. The fraction of sp³-hybridized carbons (Fsp3) is 0.591. The van der Waals surface area contributed by atoms with Crippen molar-refractivity contribution in [1.29, 1.82) is 0 Å². The highest BCUT2D eigenvalue weighted by Crippen LogP contribution is 2.48. The number of carbonyl (C=O) groups excluding carboxylic acids is 1. The highest BCUT2D eigenvalue weighted by Gasteiger charge is 2.37. The van der Waals surface area contributed by atoms with Crippen molar-refractivity contribution in [3.05, 3.63) is 47.5 Å². The van der Waals surface area contributed by atoms with Gasteiger partial charge in [-0.25, -0.2) is 4.79 Å². The molecule has 2 nitrogen and oxygen atoms in total. The maximum atomic E-state index is 12.5. The second-order valence-electron chi connectivity index (χ2n) is 8.48. The lowest BCUT2D eigenvalue weighted by Crippen LogP contribution is -2.35. The molecular weight excluding hydrogens is 296 g/mol. The van der Waals surface area contributed by atoms with Crippen molar-refractivity contribution in [1.82, 2.24) is 0 Å². The molecule has 0 N–H and O–H groups in total. The summed E-state index contributed by atoms with van der Waals surface area (Å²) in [7, 11) is 0. The molecule has 4 rings (SSSR count). The van der Waals surface area contributed by atoms with E-state index in [-0.39, 0.29) is 11.6 Å². The molecule has 0 aliphatic heterocycles. The van der Waals surface area contributed by atoms with Gasteiger partial charge in [0.15, 0.2) is 0 Å². The van der Waals surface area contributed by atoms with Gasteiger partial charge in [0.2, 0.25) is 0 Å². The molecule has 0 radical (unpaired) electrons. The predicted molar refractivity (Wildman–Crippen MR) is 96.0 cm³/mol. The van der Waals surface area contributed by atoms with Crippen molar-refractivity contribution in [3.63, 3.8) is 0 Å². The van der Waals surface area contributed by atoms with Gasteiger partial charge in [-0.05, 0) is 80.9 Å². The SMILES string of the molecule is CC(C)(OC(=O)c1ccc(C2CC3C=CC2C3)cc1)C1CCCC1. The van der Waals surface area contributed by atoms with Gasteiger partial charge in [0.1, 0.15) is 5.60 Å². The fourth-order valence-electron chi connectivity index (χ4n) is 5.03. The number of allylic oxidation sites excluding steroid dienone is 2. The number of fused-ring (bicyclic) bond motifs is 2. The average molecular weight is 324 g/mol. The van der Waals surface area contributed by atoms with E-state index in [1.807, 2.05) is 12.1 Å². The van der Waals surface area contributed by atoms with Crippen LogP contribution in [0.4, 0.5) is 0 Å². The standard InChI is InChI=1S/C22H28O2/c1-22(2,19-5-3-4-6-19)24-21(23)17-11-9-16(10-12-17)20-14-15-7-8-18(20)13-15/h7-12,15,18-20H,3-6,13-14H2,1-2H3. The van der Waals surface area contributed by atoms with Crippen molar-refractivity contribution in [3.8, 4) is 0 Å². The van der Waals surface area contributed by atoms with E-state index in [9.17, 15) is 4.79 Å². The van der Waals surface area contributed by atoms with Gasteiger partial charge in [0.05, 0.1) is 5.56 Å². The van der Waals surface area contributed by atoms with Crippen LogP contribution in [0.5, 0.6) is 0 Å². The van der Waals surface area contributed by atoms with Crippen molar-refractivity contribution >= 4 is 5.97 Å². The van der Waals surface area contributed by atoms with Gasteiger partial charge in [0, 0.05) is 0 Å². The molecule has 3 unspecified atom stereocenters. The van der Waals surface area contributed by atoms with Crippen molar-refractivity contribution in [2.45, 2.75) is 63.9 Å². The first-order valence-corrected chi connectivity index (χ1v) is 9.54. The maximum absolute atomic E-state index is 12.5. The smallest absolute Gasteiger partial charge is 0.338 e. The number of esters is 1. The number of rotatable bonds is 4. The Morgan fingerprint density at radius 2 is 1.75 bits per heavy atom. The Morgan fingerprint density at radius 1 is 1.04 bits per heavy atom. The lowest BCUT2D eigenvalue weighted by molar-refractivity contribution is -0.0285. The Hall–Kier alpha value is -1.57. The van der Waals surface area contributed by atoms with Gasteiger partial charge in [-0.15, -0.1) is 0 Å². The summed E-state index contributed by atoms with van der Waals surface area (Å²) in [5, 5.41) is 0. The molecule has 2 heteroatoms. The quantitative estimate of drug-likeness (QED) is 0.540. The summed E-state index contributed by atoms with van der Waals surface area (Å²) < 4.78 is 5.87. The lowest BCUT2D eigenvalue weighted by Gasteiger charge is -2.31. The number of hydrogen-bond acceptors (Lipinski definition) is 2. The van der Waals surface area contributed by atoms with Crippen LogP contribution >= 0.6 is 0 Å². The van der Waals surface area contributed by atoms with Crippen molar-refractivity contribution in [2.75, 3.05) is 0 Å². The summed E-state index contributed by atoms with van der Waals surface area (Å²) in [4.78, 5) is 12.5. The second-order valence-corrected chi connectivity index (χ2v) is 8.48. The molecule has 24 heavy (non-hydrogen) atoms. The molecule has 1 aromatic rings. The second kappa shape index (κ2) is 6.06. The Bertz CT molecular complexity index is 634. The largest absolute Gasteiger partial charge is 0.456 e. The van der Waals surface area contributed by atoms with E-state index in [2.05, 4.69) is 38.1 Å². The molecule has 128 valence electrons. The molecular formula is C22H28O2. The van der Waals surface area contributed by atoms with E-state index < -0.39 is 0 Å². The van der Waals surface area contributed by atoms with Crippen LogP contribution in [-0.4, -0.2) is 11.6 Å². The highest BCUT2D eigenvalue weighted by atomic mass is 16.6. The maximum Gasteiger partial charge on any atom is 0.338 e. The van der Waals surface area contributed by atoms with E-state index in [0.717, 1.165) is 5.92 Å². The molecule has 3 aliphatic carbocycles. The van der Waals surface area contributed by atoms with Gasteiger partial charge >= 0.3 is 5.97 Å². The summed E-state index contributed by atoms with van der Waals surface area (Å²) in [6.45, 7) is 4.13. The molecule has 0 aromatic heterocycles. The molecule has 0 heterocycles. The zero-order valence-electron chi connectivity index (χ0n) is 14.8. The van der Waals surface area contributed by atoms with Crippen molar-refractivity contribution < 1.29 is 9.53 Å². The minimum atomic E-state index is -0.359. The minimum absolute atomic E-state index is 0.175. The normalized spacial score (nSPS) is 29.3. The van der Waals surface area contributed by atoms with Crippen LogP contribution in [0.3, 0.4) is 0 Å². The van der Waals surface area contributed by atoms with E-state index in [1.165, 1.54) is 44.1 Å². The molecule has 2 saturated carbocycles.